The van der Waals surface area contributed by atoms with E-state index in [1.807, 2.05) is 66.7 Å². The van der Waals surface area contributed by atoms with Crippen molar-refractivity contribution >= 4 is 29.3 Å². The highest BCUT2D eigenvalue weighted by Gasteiger charge is 2.31. The topological polar surface area (TPSA) is 73.1 Å². The van der Waals surface area contributed by atoms with E-state index in [4.69, 9.17) is 0 Å². The maximum absolute atomic E-state index is 14.1. The van der Waals surface area contributed by atoms with Crippen molar-refractivity contribution in [3.05, 3.63) is 107 Å². The van der Waals surface area contributed by atoms with Gasteiger partial charge in [0, 0.05) is 17.7 Å². The molecule has 7 heteroatoms. The molecule has 4 rings (SSSR count). The Bertz CT molecular complexity index is 1300. The molecule has 1 aromatic heterocycles. The molecule has 0 bridgehead atoms. The Labute approximate surface area is 186 Å². The van der Waals surface area contributed by atoms with Crippen LogP contribution in [0, 0.1) is 6.92 Å². The molecule has 4 aromatic rings. The first kappa shape index (κ1) is 21.6. The monoisotopic (exact) mass is 445 g/mol. The first-order chi connectivity index (χ1) is 15.4. The van der Waals surface area contributed by atoms with Crippen molar-refractivity contribution in [2.45, 2.75) is 6.92 Å². The van der Waals surface area contributed by atoms with Crippen molar-refractivity contribution < 1.29 is 9.36 Å². The van der Waals surface area contributed by atoms with E-state index in [1.165, 1.54) is 4.68 Å². The summed E-state index contributed by atoms with van der Waals surface area (Å²) in [6.07, 6.45) is -0.236. The molecule has 1 amide bonds. The second-order valence-corrected chi connectivity index (χ2v) is 10.4. The lowest BCUT2D eigenvalue weighted by molar-refractivity contribution is -0.113. The molecular formula is C25H24N3O3P. The molecule has 1 N–H and O–H groups in total. The smallest absolute Gasteiger partial charge is 0.295 e. The summed E-state index contributed by atoms with van der Waals surface area (Å²) < 4.78 is 17.3. The normalized spacial score (nSPS) is 11.3. The van der Waals surface area contributed by atoms with Crippen LogP contribution in [0.4, 0.5) is 5.69 Å². The van der Waals surface area contributed by atoms with Crippen LogP contribution in [0.3, 0.4) is 0 Å². The molecule has 0 atom stereocenters. The SMILES string of the molecule is Cc1c(NC(=O)CP(=O)(c2ccccc2)c2ccccc2)c(=O)n(-c2ccccc2)n1C. The molecule has 0 radical (unpaired) electrons. The second-order valence-electron chi connectivity index (χ2n) is 7.55. The van der Waals surface area contributed by atoms with Gasteiger partial charge in [-0.05, 0) is 19.1 Å². The number of nitrogens with zero attached hydrogens (tertiary/aromatic N) is 2. The summed E-state index contributed by atoms with van der Waals surface area (Å²) in [5, 5.41) is 3.95. The fourth-order valence-electron chi connectivity index (χ4n) is 3.76. The summed E-state index contributed by atoms with van der Waals surface area (Å²) in [5.74, 6) is -0.466. The lowest BCUT2D eigenvalue weighted by Crippen LogP contribution is -2.28. The molecular weight excluding hydrogens is 421 g/mol. The van der Waals surface area contributed by atoms with Gasteiger partial charge in [0.05, 0.1) is 17.5 Å². The summed E-state index contributed by atoms with van der Waals surface area (Å²) in [5.41, 5.74) is 1.16. The number of hydrogen-bond acceptors (Lipinski definition) is 3. The van der Waals surface area contributed by atoms with Crippen LogP contribution >= 0.6 is 7.14 Å². The molecule has 0 aliphatic rings. The van der Waals surface area contributed by atoms with Gasteiger partial charge in [0.2, 0.25) is 5.91 Å². The average molecular weight is 445 g/mol. The van der Waals surface area contributed by atoms with Crippen LogP contribution in [0.1, 0.15) is 5.69 Å². The summed E-state index contributed by atoms with van der Waals surface area (Å²) in [6, 6.07) is 27.2. The van der Waals surface area contributed by atoms with E-state index in [0.29, 0.717) is 22.0 Å². The molecule has 0 unspecified atom stereocenters. The minimum absolute atomic E-state index is 0.189. The standard InChI is InChI=1S/C25H24N3O3P/c1-19-24(25(30)28(27(19)2)20-12-6-3-7-13-20)26-23(29)18-32(31,21-14-8-4-9-15-21)22-16-10-5-11-17-22/h3-17H,18H2,1-2H3,(H,26,29). The number of anilines is 1. The Hall–Kier alpha value is -3.63. The molecule has 0 saturated carbocycles. The first-order valence-corrected chi connectivity index (χ1v) is 12.1. The zero-order valence-corrected chi connectivity index (χ0v) is 18.8. The third-order valence-corrected chi connectivity index (χ3v) is 8.53. The van der Waals surface area contributed by atoms with Crippen LogP contribution in [0.25, 0.3) is 5.69 Å². The largest absolute Gasteiger partial charge is 0.320 e. The van der Waals surface area contributed by atoms with E-state index >= 15 is 0 Å². The van der Waals surface area contributed by atoms with Crippen molar-refractivity contribution in [2.24, 2.45) is 7.05 Å². The Morgan fingerprint density at radius 1 is 0.844 bits per heavy atom. The summed E-state index contributed by atoms with van der Waals surface area (Å²) in [6.45, 7) is 1.77. The molecule has 1 heterocycles. The molecule has 3 aromatic carbocycles. The van der Waals surface area contributed by atoms with Crippen molar-refractivity contribution in [1.29, 1.82) is 0 Å². The first-order valence-electron chi connectivity index (χ1n) is 10.3. The Morgan fingerprint density at radius 3 is 1.81 bits per heavy atom. The minimum atomic E-state index is -3.24. The molecule has 0 aliphatic heterocycles. The van der Waals surface area contributed by atoms with Crippen LogP contribution in [-0.4, -0.2) is 21.4 Å². The zero-order valence-electron chi connectivity index (χ0n) is 17.9. The molecule has 0 aliphatic carbocycles. The Kier molecular flexibility index (Phi) is 5.97. The third-order valence-electron chi connectivity index (χ3n) is 5.53. The van der Waals surface area contributed by atoms with Gasteiger partial charge in [-0.15, -0.1) is 0 Å². The van der Waals surface area contributed by atoms with E-state index in [2.05, 4.69) is 5.32 Å². The lowest BCUT2D eigenvalue weighted by Gasteiger charge is -2.19. The highest BCUT2D eigenvalue weighted by molar-refractivity contribution is 7.79. The van der Waals surface area contributed by atoms with E-state index in [-0.39, 0.29) is 17.4 Å². The van der Waals surface area contributed by atoms with Crippen molar-refractivity contribution in [1.82, 2.24) is 9.36 Å². The number of benzene rings is 3. The molecule has 0 saturated heterocycles. The van der Waals surface area contributed by atoms with E-state index in [0.717, 1.165) is 0 Å². The number of nitrogens with one attached hydrogen (secondary N) is 1. The number of hydrogen-bond donors (Lipinski definition) is 1. The number of amides is 1. The molecule has 32 heavy (non-hydrogen) atoms. The number of rotatable bonds is 6. The van der Waals surface area contributed by atoms with Crippen LogP contribution in [0.15, 0.2) is 95.8 Å². The van der Waals surface area contributed by atoms with Gasteiger partial charge in [0.15, 0.2) is 7.14 Å². The van der Waals surface area contributed by atoms with Crippen LogP contribution in [0.2, 0.25) is 0 Å². The van der Waals surface area contributed by atoms with Gasteiger partial charge in [-0.1, -0.05) is 78.9 Å². The minimum Gasteiger partial charge on any atom is -0.320 e. The van der Waals surface area contributed by atoms with Gasteiger partial charge in [-0.25, -0.2) is 4.68 Å². The van der Waals surface area contributed by atoms with Gasteiger partial charge < -0.3 is 9.88 Å². The van der Waals surface area contributed by atoms with Gasteiger partial charge in [-0.2, -0.15) is 0 Å². The highest BCUT2D eigenvalue weighted by Crippen LogP contribution is 2.43. The quantitative estimate of drug-likeness (QED) is 0.462. The van der Waals surface area contributed by atoms with Crippen LogP contribution < -0.4 is 21.5 Å². The average Bonchev–Trinajstić information content (AvgIpc) is 3.03. The Morgan fingerprint density at radius 2 is 1.31 bits per heavy atom. The number of aromatic nitrogens is 2. The number of para-hydroxylation sites is 1. The van der Waals surface area contributed by atoms with Gasteiger partial charge in [0.1, 0.15) is 5.69 Å². The molecule has 6 nitrogen and oxygen atoms in total. The van der Waals surface area contributed by atoms with Crippen LogP contribution in [-0.2, 0) is 16.4 Å². The molecule has 162 valence electrons. The maximum Gasteiger partial charge on any atom is 0.295 e. The fourth-order valence-corrected chi connectivity index (χ4v) is 6.22. The van der Waals surface area contributed by atoms with Gasteiger partial charge in [-0.3, -0.25) is 14.3 Å². The summed E-state index contributed by atoms with van der Waals surface area (Å²) in [4.78, 5) is 26.2. The zero-order chi connectivity index (χ0) is 22.7. The highest BCUT2D eigenvalue weighted by atomic mass is 31.2. The fraction of sp³-hybridized carbons (Fsp3) is 0.120. The number of carbonyl (C=O) groups excluding carboxylic acids is 1. The van der Waals surface area contributed by atoms with E-state index < -0.39 is 13.0 Å². The second kappa shape index (κ2) is 8.85. The number of carbonyl (C=O) groups is 1. The maximum atomic E-state index is 14.1. The molecule has 0 spiro atoms. The van der Waals surface area contributed by atoms with E-state index in [1.54, 1.807) is 42.9 Å². The van der Waals surface area contributed by atoms with Gasteiger partial charge >= 0.3 is 0 Å². The lowest BCUT2D eigenvalue weighted by atomic mass is 10.3. The summed E-state index contributed by atoms with van der Waals surface area (Å²) in [7, 11) is -1.48. The predicted molar refractivity (Wildman–Crippen MR) is 129 cm³/mol. The van der Waals surface area contributed by atoms with Gasteiger partial charge in [0.25, 0.3) is 5.56 Å². The van der Waals surface area contributed by atoms with Crippen LogP contribution in [0.5, 0.6) is 0 Å². The molecule has 0 fully saturated rings. The van der Waals surface area contributed by atoms with Crippen molar-refractivity contribution in [3.63, 3.8) is 0 Å². The third kappa shape index (κ3) is 3.97. The summed E-state index contributed by atoms with van der Waals surface area (Å²) >= 11 is 0. The Balaban J connectivity index is 1.69. The van der Waals surface area contributed by atoms with E-state index in [9.17, 15) is 14.2 Å². The van der Waals surface area contributed by atoms with Crippen molar-refractivity contribution in [2.75, 3.05) is 11.5 Å². The predicted octanol–water partition coefficient (Wildman–Crippen LogP) is 3.44. The van der Waals surface area contributed by atoms with Crippen molar-refractivity contribution in [3.8, 4) is 5.69 Å².